The van der Waals surface area contributed by atoms with Gasteiger partial charge in [0.1, 0.15) is 11.6 Å². The molecular weight excluding hydrogens is 502 g/mol. The molecule has 29 heavy (non-hydrogen) atoms. The summed E-state index contributed by atoms with van der Waals surface area (Å²) in [6, 6.07) is 9.30. The third kappa shape index (κ3) is 6.31. The van der Waals surface area contributed by atoms with E-state index in [4.69, 9.17) is 9.47 Å². The third-order valence-corrected chi connectivity index (χ3v) is 3.93. The normalized spacial score (nSPS) is 12.5. The van der Waals surface area contributed by atoms with Crippen molar-refractivity contribution in [2.45, 2.75) is 26.6 Å². The molecule has 0 aliphatic carbocycles. The van der Waals surface area contributed by atoms with Crippen LogP contribution in [-0.2, 0) is 13.1 Å². The first kappa shape index (κ1) is 22.9. The van der Waals surface area contributed by atoms with Crippen molar-refractivity contribution in [1.29, 1.82) is 0 Å². The predicted octanol–water partition coefficient (Wildman–Crippen LogP) is 4.03. The van der Waals surface area contributed by atoms with Gasteiger partial charge in [-0.25, -0.2) is 9.38 Å². The zero-order valence-electron chi connectivity index (χ0n) is 15.6. The van der Waals surface area contributed by atoms with Gasteiger partial charge in [-0.15, -0.1) is 24.0 Å². The van der Waals surface area contributed by atoms with Crippen LogP contribution in [0.25, 0.3) is 0 Å². The van der Waals surface area contributed by atoms with E-state index >= 15 is 0 Å². The fourth-order valence-corrected chi connectivity index (χ4v) is 2.64. The maximum absolute atomic E-state index is 14.1. The number of fused-ring (bicyclic) bond motifs is 1. The largest absolute Gasteiger partial charge is 0.454 e. The Balaban J connectivity index is 0.00000300. The molecule has 1 heterocycles. The Hall–Kier alpha value is -2.37. The maximum atomic E-state index is 14.1. The summed E-state index contributed by atoms with van der Waals surface area (Å²) in [6.45, 7) is -0.117. The molecule has 0 unspecified atom stereocenters. The second-order valence-electron chi connectivity index (χ2n) is 5.83. The van der Waals surface area contributed by atoms with Gasteiger partial charge in [0.25, 0.3) is 0 Å². The summed E-state index contributed by atoms with van der Waals surface area (Å²) in [6.07, 6.45) is 0. The number of hydrogen-bond donors (Lipinski definition) is 2. The van der Waals surface area contributed by atoms with Crippen LogP contribution in [0.1, 0.15) is 18.1 Å². The zero-order valence-corrected chi connectivity index (χ0v) is 17.9. The van der Waals surface area contributed by atoms with E-state index < -0.39 is 12.4 Å². The first-order valence-corrected chi connectivity index (χ1v) is 8.69. The van der Waals surface area contributed by atoms with Crippen LogP contribution in [0.5, 0.6) is 17.2 Å². The summed E-state index contributed by atoms with van der Waals surface area (Å²) in [5.41, 5.74) is 0.894. The van der Waals surface area contributed by atoms with E-state index in [-0.39, 0.29) is 48.6 Å². The highest BCUT2D eigenvalue weighted by atomic mass is 127. The number of alkyl halides is 2. The third-order valence-electron chi connectivity index (χ3n) is 3.93. The monoisotopic (exact) mass is 523 g/mol. The van der Waals surface area contributed by atoms with Gasteiger partial charge >= 0.3 is 6.61 Å². The minimum Gasteiger partial charge on any atom is -0.454 e. The summed E-state index contributed by atoms with van der Waals surface area (Å²) in [5.74, 6) is 0.896. The molecule has 10 heteroatoms. The molecule has 0 fully saturated rings. The number of nitrogens with one attached hydrogen (secondary N) is 2. The van der Waals surface area contributed by atoms with Crippen LogP contribution in [0.3, 0.4) is 0 Å². The van der Waals surface area contributed by atoms with E-state index in [2.05, 4.69) is 20.4 Å². The van der Waals surface area contributed by atoms with Crippen molar-refractivity contribution in [2.24, 2.45) is 4.99 Å². The lowest BCUT2D eigenvalue weighted by Gasteiger charge is -2.15. The van der Waals surface area contributed by atoms with Crippen LogP contribution in [0, 0.1) is 5.82 Å². The summed E-state index contributed by atoms with van der Waals surface area (Å²) < 4.78 is 54.1. The van der Waals surface area contributed by atoms with Crippen molar-refractivity contribution in [1.82, 2.24) is 10.6 Å². The lowest BCUT2D eigenvalue weighted by Crippen LogP contribution is -2.37. The summed E-state index contributed by atoms with van der Waals surface area (Å²) in [4.78, 5) is 4.43. The van der Waals surface area contributed by atoms with Crippen molar-refractivity contribution in [2.75, 3.05) is 13.3 Å². The van der Waals surface area contributed by atoms with Crippen molar-refractivity contribution in [3.05, 3.63) is 53.3 Å². The Morgan fingerprint density at radius 2 is 1.97 bits per heavy atom. The Bertz CT molecular complexity index is 853. The van der Waals surface area contributed by atoms with Crippen LogP contribution in [-0.4, -0.2) is 25.9 Å². The number of benzene rings is 2. The van der Waals surface area contributed by atoms with Gasteiger partial charge in [0.15, 0.2) is 17.5 Å². The molecule has 0 atom stereocenters. The molecule has 0 bridgehead atoms. The Morgan fingerprint density at radius 3 is 2.72 bits per heavy atom. The van der Waals surface area contributed by atoms with Crippen molar-refractivity contribution >= 4 is 29.9 Å². The number of hydrogen-bond acceptors (Lipinski definition) is 4. The van der Waals surface area contributed by atoms with Gasteiger partial charge in [0.2, 0.25) is 6.79 Å². The van der Waals surface area contributed by atoms with Gasteiger partial charge < -0.3 is 24.8 Å². The highest BCUT2D eigenvalue weighted by Gasteiger charge is 2.15. The molecule has 1 aliphatic heterocycles. The average molecular weight is 523 g/mol. The van der Waals surface area contributed by atoms with E-state index in [0.717, 1.165) is 5.56 Å². The topological polar surface area (TPSA) is 64.1 Å². The lowest BCUT2D eigenvalue weighted by atomic mass is 10.2. The summed E-state index contributed by atoms with van der Waals surface area (Å²) in [5, 5.41) is 5.96. The van der Waals surface area contributed by atoms with E-state index in [0.29, 0.717) is 30.5 Å². The number of rotatable bonds is 7. The summed E-state index contributed by atoms with van der Waals surface area (Å²) in [7, 11) is 0. The highest BCUT2D eigenvalue weighted by Crippen LogP contribution is 2.32. The van der Waals surface area contributed by atoms with Crippen LogP contribution >= 0.6 is 24.0 Å². The molecule has 158 valence electrons. The Kier molecular flexibility index (Phi) is 8.68. The standard InChI is InChI=1S/C19H20F3N3O3.HI/c1-2-23-19(24-9-12-6-7-16-17(8-12)27-11-26-16)25-10-13-14(20)4-3-5-15(13)28-18(21)22;/h3-8,18H,2,9-11H2,1H3,(H2,23,24,25);1H. The quantitative estimate of drug-likeness (QED) is 0.326. The molecule has 0 aromatic heterocycles. The molecule has 1 aliphatic rings. The summed E-state index contributed by atoms with van der Waals surface area (Å²) >= 11 is 0. The maximum Gasteiger partial charge on any atom is 0.387 e. The smallest absolute Gasteiger partial charge is 0.387 e. The minimum absolute atomic E-state index is 0. The number of guanidine groups is 1. The highest BCUT2D eigenvalue weighted by molar-refractivity contribution is 14.0. The fraction of sp³-hybridized carbons (Fsp3) is 0.316. The molecule has 0 saturated carbocycles. The molecule has 0 amide bonds. The molecule has 2 aromatic rings. The van der Waals surface area contributed by atoms with Crippen molar-refractivity contribution in [3.8, 4) is 17.2 Å². The van der Waals surface area contributed by atoms with E-state index in [1.54, 1.807) is 6.07 Å². The fourth-order valence-electron chi connectivity index (χ4n) is 2.64. The molecule has 6 nitrogen and oxygen atoms in total. The van der Waals surface area contributed by atoms with Crippen LogP contribution in [0.15, 0.2) is 41.4 Å². The van der Waals surface area contributed by atoms with Crippen LogP contribution < -0.4 is 24.8 Å². The molecule has 0 saturated heterocycles. The molecular formula is C19H21F3IN3O3. The number of aliphatic imine (C=N–C) groups is 1. The van der Waals surface area contributed by atoms with Crippen molar-refractivity contribution in [3.63, 3.8) is 0 Å². The second kappa shape index (κ2) is 11.0. The molecule has 2 N–H and O–H groups in total. The van der Waals surface area contributed by atoms with E-state index in [1.807, 2.05) is 19.1 Å². The Labute approximate surface area is 183 Å². The predicted molar refractivity (Wildman–Crippen MR) is 113 cm³/mol. The lowest BCUT2D eigenvalue weighted by molar-refractivity contribution is -0.0506. The average Bonchev–Trinajstić information content (AvgIpc) is 3.13. The molecule has 3 rings (SSSR count). The zero-order chi connectivity index (χ0) is 19.9. The minimum atomic E-state index is -3.03. The second-order valence-corrected chi connectivity index (χ2v) is 5.83. The number of nitrogens with zero attached hydrogens (tertiary/aromatic N) is 1. The SMILES string of the molecule is CCNC(=NCc1ccc2c(c1)OCO2)NCc1c(F)cccc1OC(F)F.I. The van der Waals surface area contributed by atoms with E-state index in [1.165, 1.54) is 18.2 Å². The van der Waals surface area contributed by atoms with Gasteiger partial charge in [0.05, 0.1) is 6.54 Å². The number of halogens is 4. The molecule has 0 spiro atoms. The van der Waals surface area contributed by atoms with Crippen molar-refractivity contribution < 1.29 is 27.4 Å². The van der Waals surface area contributed by atoms with Gasteiger partial charge in [-0.2, -0.15) is 8.78 Å². The first-order chi connectivity index (χ1) is 13.6. The van der Waals surface area contributed by atoms with Crippen LogP contribution in [0.4, 0.5) is 13.2 Å². The van der Waals surface area contributed by atoms with Gasteiger partial charge in [0, 0.05) is 18.7 Å². The van der Waals surface area contributed by atoms with Gasteiger partial charge in [-0.1, -0.05) is 12.1 Å². The van der Waals surface area contributed by atoms with Gasteiger partial charge in [-0.3, -0.25) is 0 Å². The molecule has 0 radical (unpaired) electrons. The Morgan fingerprint density at radius 1 is 1.17 bits per heavy atom. The van der Waals surface area contributed by atoms with Gasteiger partial charge in [-0.05, 0) is 36.8 Å². The number of ether oxygens (including phenoxy) is 3. The first-order valence-electron chi connectivity index (χ1n) is 8.69. The van der Waals surface area contributed by atoms with E-state index in [9.17, 15) is 13.2 Å². The molecule has 2 aromatic carbocycles. The van der Waals surface area contributed by atoms with Crippen LogP contribution in [0.2, 0.25) is 0 Å².